The number of aliphatic hydroxyl groups is 1. The van der Waals surface area contributed by atoms with Gasteiger partial charge >= 0.3 is 0 Å². The van der Waals surface area contributed by atoms with Crippen LogP contribution in [-0.2, 0) is 4.79 Å². The highest BCUT2D eigenvalue weighted by Crippen LogP contribution is 2.20. The van der Waals surface area contributed by atoms with Crippen LogP contribution in [0.4, 0.5) is 0 Å². The molecule has 0 aliphatic carbocycles. The van der Waals surface area contributed by atoms with Crippen molar-refractivity contribution in [2.24, 2.45) is 5.92 Å². The van der Waals surface area contributed by atoms with Gasteiger partial charge in [0.05, 0.1) is 12.0 Å². The smallest absolute Gasteiger partial charge is 0.224 e. The summed E-state index contributed by atoms with van der Waals surface area (Å²) in [4.78, 5) is 13.8. The topological polar surface area (TPSA) is 52.6 Å². The van der Waals surface area contributed by atoms with Crippen LogP contribution in [0.3, 0.4) is 0 Å². The number of benzene rings is 1. The van der Waals surface area contributed by atoms with Crippen LogP contribution in [0.5, 0.6) is 0 Å². The number of β-amino-alcohol motifs (C(OH)–C–C–N with tert-alkyl or cyclic N) is 1. The number of carbonyl (C=O) groups is 1. The molecule has 1 saturated heterocycles. The molecular formula is C15H22N2O2. The van der Waals surface area contributed by atoms with Gasteiger partial charge in [0, 0.05) is 20.1 Å². The van der Waals surface area contributed by atoms with Gasteiger partial charge in [-0.2, -0.15) is 0 Å². The molecule has 1 fully saturated rings. The van der Waals surface area contributed by atoms with E-state index in [4.69, 9.17) is 0 Å². The number of aliphatic hydroxyl groups excluding tert-OH is 1. The Morgan fingerprint density at radius 3 is 2.89 bits per heavy atom. The maximum Gasteiger partial charge on any atom is 0.224 e. The van der Waals surface area contributed by atoms with Crippen molar-refractivity contribution in [2.75, 3.05) is 26.7 Å². The zero-order valence-electron chi connectivity index (χ0n) is 11.4. The lowest BCUT2D eigenvalue weighted by Crippen LogP contribution is -2.43. The Labute approximate surface area is 114 Å². The fourth-order valence-electron chi connectivity index (χ4n) is 2.66. The van der Waals surface area contributed by atoms with Gasteiger partial charge in [-0.05, 0) is 24.9 Å². The Kier molecular flexibility index (Phi) is 4.93. The average Bonchev–Trinajstić information content (AvgIpc) is 2.47. The van der Waals surface area contributed by atoms with Crippen LogP contribution in [0.15, 0.2) is 30.3 Å². The van der Waals surface area contributed by atoms with E-state index in [-0.39, 0.29) is 11.8 Å². The molecular weight excluding hydrogens is 240 g/mol. The Morgan fingerprint density at radius 1 is 1.47 bits per heavy atom. The number of carbonyl (C=O) groups excluding carboxylic acids is 1. The highest BCUT2D eigenvalue weighted by atomic mass is 16.3. The molecule has 19 heavy (non-hydrogen) atoms. The van der Waals surface area contributed by atoms with E-state index in [0.717, 1.165) is 31.5 Å². The number of nitrogens with zero attached hydrogens (tertiary/aromatic N) is 1. The van der Waals surface area contributed by atoms with Gasteiger partial charge in [0.1, 0.15) is 0 Å². The van der Waals surface area contributed by atoms with Gasteiger partial charge in [-0.1, -0.05) is 30.3 Å². The number of hydrogen-bond acceptors (Lipinski definition) is 3. The molecule has 4 heteroatoms. The summed E-state index contributed by atoms with van der Waals surface area (Å²) >= 11 is 0. The number of likely N-dealkylation sites (tertiary alicyclic amines) is 1. The van der Waals surface area contributed by atoms with Crippen molar-refractivity contribution in [3.05, 3.63) is 35.9 Å². The number of piperidine rings is 1. The van der Waals surface area contributed by atoms with Crippen LogP contribution < -0.4 is 5.32 Å². The monoisotopic (exact) mass is 262 g/mol. The standard InChI is InChI=1S/C15H22N2O2/c1-16-15(19)13-8-5-9-17(10-13)11-14(18)12-6-3-2-4-7-12/h2-4,6-7,13-14,18H,5,8-11H2,1H3,(H,16,19). The first-order valence-corrected chi connectivity index (χ1v) is 6.87. The SMILES string of the molecule is CNC(=O)C1CCCN(CC(O)c2ccccc2)C1. The maximum absolute atomic E-state index is 11.7. The van der Waals surface area contributed by atoms with E-state index in [1.54, 1.807) is 7.05 Å². The summed E-state index contributed by atoms with van der Waals surface area (Å²) < 4.78 is 0. The third-order valence-corrected chi connectivity index (χ3v) is 3.74. The molecule has 0 saturated carbocycles. The minimum absolute atomic E-state index is 0.0572. The fourth-order valence-corrected chi connectivity index (χ4v) is 2.66. The van der Waals surface area contributed by atoms with E-state index in [1.807, 2.05) is 30.3 Å². The number of hydrogen-bond donors (Lipinski definition) is 2. The Balaban J connectivity index is 1.90. The van der Waals surface area contributed by atoms with Gasteiger partial charge in [0.15, 0.2) is 0 Å². The second-order valence-corrected chi connectivity index (χ2v) is 5.14. The van der Waals surface area contributed by atoms with Crippen molar-refractivity contribution >= 4 is 5.91 Å². The van der Waals surface area contributed by atoms with E-state index in [1.165, 1.54) is 0 Å². The average molecular weight is 262 g/mol. The molecule has 1 heterocycles. The van der Waals surface area contributed by atoms with Gasteiger partial charge in [0.25, 0.3) is 0 Å². The van der Waals surface area contributed by atoms with Crippen LogP contribution in [0.1, 0.15) is 24.5 Å². The molecule has 1 aromatic carbocycles. The van der Waals surface area contributed by atoms with Crippen molar-refractivity contribution in [1.29, 1.82) is 0 Å². The van der Waals surface area contributed by atoms with Gasteiger partial charge < -0.3 is 10.4 Å². The molecule has 2 unspecified atom stereocenters. The molecule has 104 valence electrons. The number of rotatable bonds is 4. The second-order valence-electron chi connectivity index (χ2n) is 5.14. The minimum Gasteiger partial charge on any atom is -0.387 e. The van der Waals surface area contributed by atoms with E-state index >= 15 is 0 Å². The zero-order valence-corrected chi connectivity index (χ0v) is 11.4. The normalized spacial score (nSPS) is 21.9. The molecule has 0 aromatic heterocycles. The quantitative estimate of drug-likeness (QED) is 0.856. The van der Waals surface area contributed by atoms with Crippen molar-refractivity contribution in [3.8, 4) is 0 Å². The number of amides is 1. The first-order chi connectivity index (χ1) is 9.20. The Morgan fingerprint density at radius 2 is 2.21 bits per heavy atom. The van der Waals surface area contributed by atoms with Crippen molar-refractivity contribution in [2.45, 2.75) is 18.9 Å². The van der Waals surface area contributed by atoms with E-state index < -0.39 is 6.10 Å². The molecule has 1 aliphatic heterocycles. The molecule has 2 rings (SSSR count). The summed E-state index contributed by atoms with van der Waals surface area (Å²) in [6, 6.07) is 9.68. The summed E-state index contributed by atoms with van der Waals surface area (Å²) in [5, 5.41) is 12.9. The third-order valence-electron chi connectivity index (χ3n) is 3.74. The van der Waals surface area contributed by atoms with E-state index in [9.17, 15) is 9.90 Å². The predicted octanol–water partition coefficient (Wildman–Crippen LogP) is 1.18. The molecule has 2 N–H and O–H groups in total. The molecule has 0 bridgehead atoms. The first kappa shape index (κ1) is 14.0. The predicted molar refractivity (Wildman–Crippen MR) is 74.6 cm³/mol. The molecule has 2 atom stereocenters. The van der Waals surface area contributed by atoms with Crippen LogP contribution in [0.2, 0.25) is 0 Å². The van der Waals surface area contributed by atoms with Crippen molar-refractivity contribution in [1.82, 2.24) is 10.2 Å². The molecule has 0 spiro atoms. The third kappa shape index (κ3) is 3.78. The van der Waals surface area contributed by atoms with Crippen LogP contribution in [-0.4, -0.2) is 42.6 Å². The van der Waals surface area contributed by atoms with Gasteiger partial charge in [-0.15, -0.1) is 0 Å². The Bertz CT molecular complexity index is 408. The fraction of sp³-hybridized carbons (Fsp3) is 0.533. The second kappa shape index (κ2) is 6.68. The van der Waals surface area contributed by atoms with Crippen LogP contribution in [0, 0.1) is 5.92 Å². The van der Waals surface area contributed by atoms with E-state index in [2.05, 4.69) is 10.2 Å². The molecule has 1 aromatic rings. The molecule has 1 amide bonds. The molecule has 4 nitrogen and oxygen atoms in total. The zero-order chi connectivity index (χ0) is 13.7. The summed E-state index contributed by atoms with van der Waals surface area (Å²) in [7, 11) is 1.68. The highest BCUT2D eigenvalue weighted by Gasteiger charge is 2.26. The van der Waals surface area contributed by atoms with E-state index in [0.29, 0.717) is 6.54 Å². The van der Waals surface area contributed by atoms with Gasteiger partial charge in [-0.3, -0.25) is 9.69 Å². The molecule has 1 aliphatic rings. The van der Waals surface area contributed by atoms with Gasteiger partial charge in [0.2, 0.25) is 5.91 Å². The maximum atomic E-state index is 11.7. The summed E-state index contributed by atoms with van der Waals surface area (Å²) in [6.45, 7) is 2.29. The van der Waals surface area contributed by atoms with Gasteiger partial charge in [-0.25, -0.2) is 0 Å². The largest absolute Gasteiger partial charge is 0.387 e. The van der Waals surface area contributed by atoms with Crippen LogP contribution in [0.25, 0.3) is 0 Å². The summed E-state index contributed by atoms with van der Waals surface area (Å²) in [5.41, 5.74) is 0.935. The summed E-state index contributed by atoms with van der Waals surface area (Å²) in [6.07, 6.45) is 1.47. The summed E-state index contributed by atoms with van der Waals surface area (Å²) in [5.74, 6) is 0.167. The highest BCUT2D eigenvalue weighted by molar-refractivity contribution is 5.78. The lowest BCUT2D eigenvalue weighted by atomic mass is 9.96. The lowest BCUT2D eigenvalue weighted by molar-refractivity contribution is -0.126. The minimum atomic E-state index is -0.482. The molecule has 0 radical (unpaired) electrons. The Hall–Kier alpha value is -1.39. The first-order valence-electron chi connectivity index (χ1n) is 6.87. The van der Waals surface area contributed by atoms with Crippen LogP contribution >= 0.6 is 0 Å². The van der Waals surface area contributed by atoms with Crippen molar-refractivity contribution < 1.29 is 9.90 Å². The lowest BCUT2D eigenvalue weighted by Gasteiger charge is -2.33. The number of nitrogens with one attached hydrogen (secondary N) is 1. The van der Waals surface area contributed by atoms with Crippen molar-refractivity contribution in [3.63, 3.8) is 0 Å².